The molecule has 13 heavy (non-hydrogen) atoms. The van der Waals surface area contributed by atoms with Gasteiger partial charge >= 0.3 is 12.4 Å². The van der Waals surface area contributed by atoms with Gasteiger partial charge in [0, 0.05) is 5.92 Å². The Morgan fingerprint density at radius 1 is 1.23 bits per heavy atom. The van der Waals surface area contributed by atoms with Gasteiger partial charge in [-0.2, -0.15) is 0 Å². The van der Waals surface area contributed by atoms with E-state index in [4.69, 9.17) is 4.74 Å². The van der Waals surface area contributed by atoms with Crippen LogP contribution >= 0.6 is 0 Å². The van der Waals surface area contributed by atoms with Crippen LogP contribution in [0.5, 0.6) is 0 Å². The molecular formula is C9H15O4. The molecule has 0 aromatic carbocycles. The summed E-state index contributed by atoms with van der Waals surface area (Å²) in [6, 6.07) is 0. The fourth-order valence-electron chi connectivity index (χ4n) is 0.808. The van der Waals surface area contributed by atoms with E-state index in [1.54, 1.807) is 27.7 Å². The summed E-state index contributed by atoms with van der Waals surface area (Å²) in [7, 11) is 0. The second kappa shape index (κ2) is 5.56. The molecular weight excluding hydrogens is 172 g/mol. The van der Waals surface area contributed by atoms with Crippen LogP contribution < -0.4 is 0 Å². The minimum Gasteiger partial charge on any atom is -0.460 e. The van der Waals surface area contributed by atoms with E-state index in [1.165, 1.54) is 6.47 Å². The first-order valence-corrected chi connectivity index (χ1v) is 4.22. The molecule has 1 unspecified atom stereocenters. The Hall–Kier alpha value is -1.06. The summed E-state index contributed by atoms with van der Waals surface area (Å²) < 4.78 is 9.37. The lowest BCUT2D eigenvalue weighted by Crippen LogP contribution is -2.32. The number of esters is 1. The Morgan fingerprint density at radius 2 is 1.77 bits per heavy atom. The molecule has 75 valence electrons. The molecule has 1 radical (unpaired) electrons. The molecule has 0 aromatic rings. The van der Waals surface area contributed by atoms with Crippen LogP contribution in [0.3, 0.4) is 0 Å². The Morgan fingerprint density at radius 3 is 2.08 bits per heavy atom. The minimum absolute atomic E-state index is 0.104. The van der Waals surface area contributed by atoms with Crippen molar-refractivity contribution in [3.05, 3.63) is 0 Å². The Labute approximate surface area is 78.2 Å². The van der Waals surface area contributed by atoms with Gasteiger partial charge in [0.25, 0.3) is 0 Å². The number of hydrogen-bond donors (Lipinski definition) is 0. The summed E-state index contributed by atoms with van der Waals surface area (Å²) >= 11 is 0. The van der Waals surface area contributed by atoms with Crippen molar-refractivity contribution in [3.63, 3.8) is 0 Å². The molecule has 0 fully saturated rings. The van der Waals surface area contributed by atoms with Crippen LogP contribution in [0.2, 0.25) is 0 Å². The van der Waals surface area contributed by atoms with Gasteiger partial charge in [-0.15, -0.1) is 0 Å². The van der Waals surface area contributed by atoms with E-state index >= 15 is 0 Å². The monoisotopic (exact) mass is 187 g/mol. The molecule has 0 aliphatic heterocycles. The highest BCUT2D eigenvalue weighted by Gasteiger charge is 2.26. The molecule has 4 nitrogen and oxygen atoms in total. The molecule has 0 bridgehead atoms. The predicted octanol–water partition coefficient (Wildman–Crippen LogP) is 1.05. The highest BCUT2D eigenvalue weighted by Crippen LogP contribution is 2.08. The zero-order valence-corrected chi connectivity index (χ0v) is 8.37. The Balaban J connectivity index is 4.19. The van der Waals surface area contributed by atoms with Crippen molar-refractivity contribution in [2.24, 2.45) is 5.92 Å². The minimum atomic E-state index is -0.847. The molecule has 4 heteroatoms. The summed E-state index contributed by atoms with van der Waals surface area (Å²) in [5, 5.41) is 0. The predicted molar refractivity (Wildman–Crippen MR) is 46.6 cm³/mol. The van der Waals surface area contributed by atoms with Crippen LogP contribution in [0.25, 0.3) is 0 Å². The summed E-state index contributed by atoms with van der Waals surface area (Å²) in [6.07, 6.45) is -1.05. The third-order valence-corrected chi connectivity index (χ3v) is 1.36. The topological polar surface area (TPSA) is 52.6 Å². The van der Waals surface area contributed by atoms with Crippen LogP contribution in [0.1, 0.15) is 27.7 Å². The first-order valence-electron chi connectivity index (χ1n) is 4.22. The van der Waals surface area contributed by atoms with E-state index in [9.17, 15) is 9.59 Å². The average Bonchev–Trinajstić information content (AvgIpc) is 1.97. The Bertz CT molecular complexity index is 174. The second-order valence-electron chi connectivity index (χ2n) is 3.35. The van der Waals surface area contributed by atoms with E-state index < -0.39 is 12.1 Å². The molecule has 0 aliphatic carbocycles. The molecule has 0 heterocycles. The lowest BCUT2D eigenvalue weighted by atomic mass is 10.1. The maximum atomic E-state index is 11.3. The van der Waals surface area contributed by atoms with Gasteiger partial charge in [-0.1, -0.05) is 13.8 Å². The van der Waals surface area contributed by atoms with Crippen LogP contribution in [0.4, 0.5) is 0 Å². The highest BCUT2D eigenvalue weighted by molar-refractivity contribution is 5.76. The zero-order chi connectivity index (χ0) is 10.4. The molecule has 1 atom stereocenters. The third kappa shape index (κ3) is 4.50. The second-order valence-corrected chi connectivity index (χ2v) is 3.35. The number of hydrogen-bond acceptors (Lipinski definition) is 4. The van der Waals surface area contributed by atoms with Gasteiger partial charge < -0.3 is 9.47 Å². The SMILES string of the molecule is CC(C)OC(=O)C(O[C]=O)C(C)C. The maximum Gasteiger partial charge on any atom is 0.418 e. The van der Waals surface area contributed by atoms with Gasteiger partial charge in [0.05, 0.1) is 6.10 Å². The van der Waals surface area contributed by atoms with Crippen LogP contribution in [0.15, 0.2) is 0 Å². The standard InChI is InChI=1S/C9H15O4/c1-6(2)8(12-5-10)9(11)13-7(3)4/h6-8H,1-4H3. The molecule has 0 amide bonds. The normalized spacial score (nSPS) is 12.8. The van der Waals surface area contributed by atoms with Crippen LogP contribution in [-0.4, -0.2) is 24.6 Å². The third-order valence-electron chi connectivity index (χ3n) is 1.36. The van der Waals surface area contributed by atoms with Crippen molar-refractivity contribution in [1.82, 2.24) is 0 Å². The van der Waals surface area contributed by atoms with Gasteiger partial charge in [-0.05, 0) is 13.8 Å². The van der Waals surface area contributed by atoms with E-state index in [1.807, 2.05) is 0 Å². The fourth-order valence-corrected chi connectivity index (χ4v) is 0.808. The van der Waals surface area contributed by atoms with Crippen molar-refractivity contribution in [3.8, 4) is 0 Å². The first-order chi connectivity index (χ1) is 5.99. The fraction of sp³-hybridized carbons (Fsp3) is 0.778. The first kappa shape index (κ1) is 11.9. The van der Waals surface area contributed by atoms with Gasteiger partial charge in [0.1, 0.15) is 0 Å². The molecule has 0 N–H and O–H groups in total. The highest BCUT2D eigenvalue weighted by atomic mass is 16.6. The Kier molecular flexibility index (Phi) is 5.11. The number of rotatable bonds is 5. The van der Waals surface area contributed by atoms with E-state index in [0.717, 1.165) is 0 Å². The van der Waals surface area contributed by atoms with Gasteiger partial charge in [-0.3, -0.25) is 0 Å². The number of carbonyl (C=O) groups excluding carboxylic acids is 2. The van der Waals surface area contributed by atoms with E-state index in [-0.39, 0.29) is 12.0 Å². The quantitative estimate of drug-likeness (QED) is 0.603. The smallest absolute Gasteiger partial charge is 0.418 e. The average molecular weight is 187 g/mol. The van der Waals surface area contributed by atoms with E-state index in [2.05, 4.69) is 4.74 Å². The van der Waals surface area contributed by atoms with Gasteiger partial charge in [0.2, 0.25) is 6.10 Å². The molecule has 0 saturated carbocycles. The molecule has 0 aliphatic rings. The van der Waals surface area contributed by atoms with Crippen molar-refractivity contribution in [1.29, 1.82) is 0 Å². The van der Waals surface area contributed by atoms with Crippen molar-refractivity contribution in [2.75, 3.05) is 0 Å². The summed E-state index contributed by atoms with van der Waals surface area (Å²) in [5.41, 5.74) is 0. The van der Waals surface area contributed by atoms with Gasteiger partial charge in [0.15, 0.2) is 0 Å². The summed E-state index contributed by atoms with van der Waals surface area (Å²) in [6.45, 7) is 8.26. The molecule has 0 saturated heterocycles. The van der Waals surface area contributed by atoms with Crippen LogP contribution in [0, 0.1) is 5.92 Å². The van der Waals surface area contributed by atoms with E-state index in [0.29, 0.717) is 0 Å². The lowest BCUT2D eigenvalue weighted by molar-refractivity contribution is -0.158. The van der Waals surface area contributed by atoms with Crippen molar-refractivity contribution >= 4 is 12.4 Å². The largest absolute Gasteiger partial charge is 0.460 e. The zero-order valence-electron chi connectivity index (χ0n) is 8.37. The molecule has 0 rings (SSSR count). The van der Waals surface area contributed by atoms with Gasteiger partial charge in [-0.25, -0.2) is 9.59 Å². The van der Waals surface area contributed by atoms with Crippen molar-refractivity contribution in [2.45, 2.75) is 39.9 Å². The van der Waals surface area contributed by atoms with Crippen molar-refractivity contribution < 1.29 is 19.1 Å². The molecule has 0 aromatic heterocycles. The summed E-state index contributed by atoms with van der Waals surface area (Å²) in [4.78, 5) is 21.2. The van der Waals surface area contributed by atoms with Crippen LogP contribution in [-0.2, 0) is 19.1 Å². The summed E-state index contributed by atoms with van der Waals surface area (Å²) in [5.74, 6) is -0.624. The molecule has 0 spiro atoms. The number of ether oxygens (including phenoxy) is 2. The lowest BCUT2D eigenvalue weighted by Gasteiger charge is -2.18. The number of carbonyl (C=O) groups is 1. The maximum absolute atomic E-state index is 11.3.